The third-order valence-electron chi connectivity index (χ3n) is 8.72. The molecule has 8 nitrogen and oxygen atoms in total. The molecule has 8 rings (SSSR count). The largest absolute Gasteiger partial charge is 0.244 e. The van der Waals surface area contributed by atoms with Gasteiger partial charge in [-0.2, -0.15) is 21.0 Å². The van der Waals surface area contributed by atoms with Crippen LogP contribution >= 0.6 is 0 Å². The molecule has 0 saturated heterocycles. The molecular formula is C44H22N8. The molecule has 0 amide bonds. The van der Waals surface area contributed by atoms with Crippen molar-refractivity contribution >= 4 is 22.1 Å². The van der Waals surface area contributed by atoms with Crippen molar-refractivity contribution in [2.75, 3.05) is 0 Å². The highest BCUT2D eigenvalue weighted by molar-refractivity contribution is 5.92. The summed E-state index contributed by atoms with van der Waals surface area (Å²) in [6, 6.07) is 49.5. The number of hydrogen-bond donors (Lipinski definition) is 0. The minimum atomic E-state index is 0.502. The van der Waals surface area contributed by atoms with Gasteiger partial charge in [-0.1, -0.05) is 60.7 Å². The summed E-state index contributed by atoms with van der Waals surface area (Å²) in [6.07, 6.45) is 0. The number of nitriles is 4. The monoisotopic (exact) mass is 662 g/mol. The lowest BCUT2D eigenvalue weighted by atomic mass is 9.99. The van der Waals surface area contributed by atoms with Crippen LogP contribution in [-0.4, -0.2) is 19.9 Å². The van der Waals surface area contributed by atoms with Gasteiger partial charge in [0.2, 0.25) is 0 Å². The van der Waals surface area contributed by atoms with Crippen molar-refractivity contribution in [3.8, 4) is 80.4 Å². The zero-order chi connectivity index (χ0) is 35.6. The van der Waals surface area contributed by atoms with Gasteiger partial charge in [0.25, 0.3) is 0 Å². The molecule has 0 fully saturated rings. The number of hydrogen-bond acceptors (Lipinski definition) is 8. The molecule has 0 aliphatic carbocycles. The van der Waals surface area contributed by atoms with E-state index in [-0.39, 0.29) is 0 Å². The van der Waals surface area contributed by atoms with Gasteiger partial charge in [0.15, 0.2) is 0 Å². The van der Waals surface area contributed by atoms with E-state index in [0.717, 1.165) is 33.4 Å². The standard InChI is InChI=1S/C44H22N8/c45-23-27-5-1-9-33(17-27)41-43(35-11-3-7-29(19-35)25-47)51-39-21-31(13-15-37(39)49-41)32-14-16-38-40(22-32)52-44(36-12-4-8-30(20-36)26-48)42(50-38)34-10-2-6-28(18-34)24-46/h1-22H. The molecule has 0 saturated carbocycles. The summed E-state index contributed by atoms with van der Waals surface area (Å²) in [4.78, 5) is 20.3. The Balaban J connectivity index is 1.29. The molecule has 8 heteroatoms. The summed E-state index contributed by atoms with van der Waals surface area (Å²) in [5.41, 5.74) is 11.8. The molecule has 2 heterocycles. The van der Waals surface area contributed by atoms with E-state index in [2.05, 4.69) is 24.3 Å². The van der Waals surface area contributed by atoms with E-state index in [1.165, 1.54) is 0 Å². The lowest BCUT2D eigenvalue weighted by Gasteiger charge is -2.13. The Bertz CT molecular complexity index is 2720. The van der Waals surface area contributed by atoms with E-state index in [0.29, 0.717) is 67.1 Å². The second-order valence-electron chi connectivity index (χ2n) is 12.0. The van der Waals surface area contributed by atoms with Crippen LogP contribution in [0.4, 0.5) is 0 Å². The van der Waals surface area contributed by atoms with Crippen molar-refractivity contribution in [1.29, 1.82) is 21.0 Å². The Morgan fingerprint density at radius 3 is 0.865 bits per heavy atom. The van der Waals surface area contributed by atoms with Crippen LogP contribution in [0.5, 0.6) is 0 Å². The molecule has 0 aliphatic heterocycles. The van der Waals surface area contributed by atoms with E-state index >= 15 is 0 Å². The second kappa shape index (κ2) is 13.1. The maximum Gasteiger partial charge on any atom is 0.0991 e. The average Bonchev–Trinajstić information content (AvgIpc) is 3.22. The van der Waals surface area contributed by atoms with E-state index in [1.807, 2.05) is 84.9 Å². The first kappa shape index (κ1) is 31.2. The number of benzene rings is 6. The minimum Gasteiger partial charge on any atom is -0.244 e. The van der Waals surface area contributed by atoms with Crippen molar-refractivity contribution < 1.29 is 0 Å². The van der Waals surface area contributed by atoms with Crippen LogP contribution in [0.3, 0.4) is 0 Å². The first-order chi connectivity index (χ1) is 25.5. The predicted octanol–water partition coefficient (Wildman–Crippen LogP) is 9.39. The highest BCUT2D eigenvalue weighted by Gasteiger charge is 2.17. The SMILES string of the molecule is N#Cc1cccc(-c2nc3ccc(-c4ccc5nc(-c6cccc(C#N)c6)c(-c6cccc(C#N)c6)nc5c4)cc3nc2-c2cccc(C#N)c2)c1. The molecule has 238 valence electrons. The highest BCUT2D eigenvalue weighted by atomic mass is 14.8. The Hall–Kier alpha value is -8.04. The molecule has 0 spiro atoms. The van der Waals surface area contributed by atoms with Crippen LogP contribution in [0, 0.1) is 45.3 Å². The molecule has 8 aromatic rings. The minimum absolute atomic E-state index is 0.502. The van der Waals surface area contributed by atoms with Crippen LogP contribution in [0.15, 0.2) is 133 Å². The molecule has 0 atom stereocenters. The predicted molar refractivity (Wildman–Crippen MR) is 199 cm³/mol. The van der Waals surface area contributed by atoms with Crippen molar-refractivity contribution in [2.24, 2.45) is 0 Å². The average molecular weight is 663 g/mol. The van der Waals surface area contributed by atoms with Gasteiger partial charge in [-0.15, -0.1) is 0 Å². The fraction of sp³-hybridized carbons (Fsp3) is 0. The van der Waals surface area contributed by atoms with Crippen molar-refractivity contribution in [3.05, 3.63) is 156 Å². The molecule has 52 heavy (non-hydrogen) atoms. The zero-order valence-corrected chi connectivity index (χ0v) is 27.3. The Kier molecular flexibility index (Phi) is 7.88. The van der Waals surface area contributed by atoms with Crippen LogP contribution in [0.25, 0.3) is 78.2 Å². The first-order valence-corrected chi connectivity index (χ1v) is 16.2. The van der Waals surface area contributed by atoms with Gasteiger partial charge in [-0.05, 0) is 83.9 Å². The second-order valence-corrected chi connectivity index (χ2v) is 12.0. The summed E-state index contributed by atoms with van der Waals surface area (Å²) in [5.74, 6) is 0. The summed E-state index contributed by atoms with van der Waals surface area (Å²) in [7, 11) is 0. The van der Waals surface area contributed by atoms with Crippen molar-refractivity contribution in [1.82, 2.24) is 19.9 Å². The number of rotatable bonds is 5. The molecular weight excluding hydrogens is 641 g/mol. The maximum absolute atomic E-state index is 9.62. The van der Waals surface area contributed by atoms with E-state index < -0.39 is 0 Å². The smallest absolute Gasteiger partial charge is 0.0991 e. The Morgan fingerprint density at radius 1 is 0.288 bits per heavy atom. The lowest BCUT2D eigenvalue weighted by molar-refractivity contribution is 1.28. The van der Waals surface area contributed by atoms with Crippen molar-refractivity contribution in [3.63, 3.8) is 0 Å². The summed E-state index contributed by atoms with van der Waals surface area (Å²) >= 11 is 0. The molecule has 0 bridgehead atoms. The van der Waals surface area contributed by atoms with Gasteiger partial charge in [0.05, 0.1) is 91.4 Å². The Labute approximate surface area is 298 Å². The maximum atomic E-state index is 9.62. The van der Waals surface area contributed by atoms with Gasteiger partial charge in [-0.25, -0.2) is 19.9 Å². The van der Waals surface area contributed by atoms with Crippen LogP contribution in [-0.2, 0) is 0 Å². The van der Waals surface area contributed by atoms with Gasteiger partial charge >= 0.3 is 0 Å². The lowest BCUT2D eigenvalue weighted by Crippen LogP contribution is -1.97. The normalized spacial score (nSPS) is 10.6. The van der Waals surface area contributed by atoms with Crippen molar-refractivity contribution in [2.45, 2.75) is 0 Å². The zero-order valence-electron chi connectivity index (χ0n) is 27.3. The number of fused-ring (bicyclic) bond motifs is 2. The van der Waals surface area contributed by atoms with Crippen LogP contribution in [0.1, 0.15) is 22.3 Å². The molecule has 6 aromatic carbocycles. The molecule has 2 aromatic heterocycles. The number of aromatic nitrogens is 4. The van der Waals surface area contributed by atoms with E-state index in [9.17, 15) is 21.0 Å². The highest BCUT2D eigenvalue weighted by Crippen LogP contribution is 2.36. The van der Waals surface area contributed by atoms with E-state index in [4.69, 9.17) is 19.9 Å². The molecule has 0 unspecified atom stereocenters. The molecule has 0 N–H and O–H groups in total. The third kappa shape index (κ3) is 5.82. The fourth-order valence-corrected chi connectivity index (χ4v) is 6.22. The fourth-order valence-electron chi connectivity index (χ4n) is 6.22. The van der Waals surface area contributed by atoms with Gasteiger partial charge in [0.1, 0.15) is 0 Å². The Morgan fingerprint density at radius 2 is 0.577 bits per heavy atom. The summed E-state index contributed by atoms with van der Waals surface area (Å²) < 4.78 is 0. The van der Waals surface area contributed by atoms with E-state index in [1.54, 1.807) is 48.5 Å². The molecule has 0 aliphatic rings. The topological polar surface area (TPSA) is 147 Å². The van der Waals surface area contributed by atoms with Gasteiger partial charge in [-0.3, -0.25) is 0 Å². The summed E-state index contributed by atoms with van der Waals surface area (Å²) in [6.45, 7) is 0. The molecule has 0 radical (unpaired) electrons. The quantitative estimate of drug-likeness (QED) is 0.177. The van der Waals surface area contributed by atoms with Gasteiger partial charge in [0, 0.05) is 22.3 Å². The number of nitrogens with zero attached hydrogens (tertiary/aromatic N) is 8. The first-order valence-electron chi connectivity index (χ1n) is 16.2. The van der Waals surface area contributed by atoms with Crippen LogP contribution < -0.4 is 0 Å². The third-order valence-corrected chi connectivity index (χ3v) is 8.72. The summed E-state index contributed by atoms with van der Waals surface area (Å²) in [5, 5.41) is 38.4. The van der Waals surface area contributed by atoms with Gasteiger partial charge < -0.3 is 0 Å². The van der Waals surface area contributed by atoms with Crippen LogP contribution in [0.2, 0.25) is 0 Å².